The number of primary amides is 1. The third-order valence-electron chi connectivity index (χ3n) is 3.52. The van der Waals surface area contributed by atoms with Gasteiger partial charge in [0.2, 0.25) is 5.91 Å². The third kappa shape index (κ3) is 2.92. The van der Waals surface area contributed by atoms with Gasteiger partial charge < -0.3 is 15.6 Å². The average Bonchev–Trinajstić information content (AvgIpc) is 2.64. The Morgan fingerprint density at radius 3 is 2.42 bits per heavy atom. The van der Waals surface area contributed by atoms with Gasteiger partial charge in [-0.2, -0.15) is 0 Å². The Morgan fingerprint density at radius 2 is 2.11 bits per heavy atom. The van der Waals surface area contributed by atoms with Gasteiger partial charge in [0.25, 0.3) is 5.91 Å². The van der Waals surface area contributed by atoms with Crippen LogP contribution in [0.5, 0.6) is 0 Å². The molecule has 0 saturated carbocycles. The van der Waals surface area contributed by atoms with E-state index in [1.165, 1.54) is 0 Å². The van der Waals surface area contributed by atoms with Crippen molar-refractivity contribution in [3.05, 3.63) is 23.0 Å². The molecule has 19 heavy (non-hydrogen) atoms. The molecule has 0 bridgehead atoms. The van der Waals surface area contributed by atoms with Crippen LogP contribution >= 0.6 is 11.6 Å². The van der Waals surface area contributed by atoms with Crippen molar-refractivity contribution >= 4 is 23.4 Å². The molecule has 1 heterocycles. The molecular weight excluding hydrogens is 266 g/mol. The second-order valence-corrected chi connectivity index (χ2v) is 5.39. The molecule has 1 atom stereocenters. The van der Waals surface area contributed by atoms with Crippen molar-refractivity contribution in [3.8, 4) is 0 Å². The van der Waals surface area contributed by atoms with Crippen molar-refractivity contribution in [1.82, 2.24) is 9.88 Å². The number of rotatable bonds is 5. The summed E-state index contributed by atoms with van der Waals surface area (Å²) in [5.41, 5.74) is 4.81. The predicted molar refractivity (Wildman–Crippen MR) is 74.9 cm³/mol. The van der Waals surface area contributed by atoms with Crippen LogP contribution in [0.1, 0.15) is 37.7 Å². The molecule has 0 aromatic carbocycles. The minimum Gasteiger partial charge on any atom is -0.368 e. The highest BCUT2D eigenvalue weighted by Gasteiger charge is 2.40. The van der Waals surface area contributed by atoms with Crippen LogP contribution in [0.2, 0.25) is 5.02 Å². The molecule has 3 N–H and O–H groups in total. The molecule has 2 amide bonds. The molecule has 0 aliphatic carbocycles. The summed E-state index contributed by atoms with van der Waals surface area (Å²) in [6.07, 6.45) is 2.06. The molecule has 6 heteroatoms. The Hall–Kier alpha value is -1.49. The lowest BCUT2D eigenvalue weighted by Gasteiger charge is -2.34. The molecule has 0 saturated heterocycles. The van der Waals surface area contributed by atoms with E-state index in [9.17, 15) is 9.59 Å². The predicted octanol–water partition coefficient (Wildman–Crippen LogP) is 1.70. The first-order chi connectivity index (χ1) is 8.74. The van der Waals surface area contributed by atoms with Crippen LogP contribution < -0.4 is 11.1 Å². The lowest BCUT2D eigenvalue weighted by molar-refractivity contribution is -0.126. The molecule has 0 radical (unpaired) electrons. The van der Waals surface area contributed by atoms with Crippen molar-refractivity contribution in [2.75, 3.05) is 0 Å². The zero-order valence-corrected chi connectivity index (χ0v) is 12.4. The van der Waals surface area contributed by atoms with Gasteiger partial charge in [0.15, 0.2) is 0 Å². The standard InChI is InChI=1S/C13H20ClN3O2/c1-5-13(8(2)3,12(15)19)16-11(18)10-6-9(14)7-17(10)4/h6-8H,5H2,1-4H3,(H2,15,19)(H,16,18). The third-order valence-corrected chi connectivity index (χ3v) is 3.73. The number of hydrogen-bond donors (Lipinski definition) is 2. The molecule has 1 aromatic rings. The fourth-order valence-electron chi connectivity index (χ4n) is 2.18. The van der Waals surface area contributed by atoms with Gasteiger partial charge in [0.1, 0.15) is 11.2 Å². The highest BCUT2D eigenvalue weighted by atomic mass is 35.5. The van der Waals surface area contributed by atoms with Crippen LogP contribution in [-0.2, 0) is 11.8 Å². The van der Waals surface area contributed by atoms with E-state index in [0.717, 1.165) is 0 Å². The van der Waals surface area contributed by atoms with Crippen molar-refractivity contribution < 1.29 is 9.59 Å². The van der Waals surface area contributed by atoms with Crippen molar-refractivity contribution in [3.63, 3.8) is 0 Å². The van der Waals surface area contributed by atoms with Crippen LogP contribution in [0.15, 0.2) is 12.3 Å². The number of nitrogens with two attached hydrogens (primary N) is 1. The van der Waals surface area contributed by atoms with Crippen LogP contribution in [0, 0.1) is 5.92 Å². The average molecular weight is 286 g/mol. The summed E-state index contributed by atoms with van der Waals surface area (Å²) in [4.78, 5) is 24.0. The zero-order valence-electron chi connectivity index (χ0n) is 11.7. The molecule has 1 unspecified atom stereocenters. The number of hydrogen-bond acceptors (Lipinski definition) is 2. The molecule has 0 spiro atoms. The number of nitrogens with zero attached hydrogens (tertiary/aromatic N) is 1. The van der Waals surface area contributed by atoms with E-state index >= 15 is 0 Å². The first-order valence-corrected chi connectivity index (χ1v) is 6.56. The Morgan fingerprint density at radius 1 is 1.53 bits per heavy atom. The van der Waals surface area contributed by atoms with E-state index in [2.05, 4.69) is 5.32 Å². The zero-order chi connectivity index (χ0) is 14.8. The summed E-state index contributed by atoms with van der Waals surface area (Å²) in [6, 6.07) is 1.55. The van der Waals surface area contributed by atoms with Gasteiger partial charge in [-0.05, 0) is 18.4 Å². The second-order valence-electron chi connectivity index (χ2n) is 4.95. The van der Waals surface area contributed by atoms with E-state index in [1.807, 2.05) is 20.8 Å². The van der Waals surface area contributed by atoms with Gasteiger partial charge in [0.05, 0.1) is 5.02 Å². The maximum absolute atomic E-state index is 12.3. The van der Waals surface area contributed by atoms with E-state index in [-0.39, 0.29) is 11.8 Å². The maximum atomic E-state index is 12.3. The summed E-state index contributed by atoms with van der Waals surface area (Å²) in [6.45, 7) is 5.53. The van der Waals surface area contributed by atoms with Crippen molar-refractivity contribution in [1.29, 1.82) is 0 Å². The van der Waals surface area contributed by atoms with Crippen LogP contribution in [0.3, 0.4) is 0 Å². The minimum absolute atomic E-state index is 0.102. The molecular formula is C13H20ClN3O2. The van der Waals surface area contributed by atoms with Gasteiger partial charge in [-0.25, -0.2) is 0 Å². The van der Waals surface area contributed by atoms with Gasteiger partial charge in [-0.1, -0.05) is 32.4 Å². The van der Waals surface area contributed by atoms with Gasteiger partial charge in [-0.3, -0.25) is 9.59 Å². The van der Waals surface area contributed by atoms with E-state index in [4.69, 9.17) is 17.3 Å². The monoisotopic (exact) mass is 285 g/mol. The number of aryl methyl sites for hydroxylation is 1. The van der Waals surface area contributed by atoms with Crippen molar-refractivity contribution in [2.24, 2.45) is 18.7 Å². The Bertz CT molecular complexity index is 496. The molecule has 5 nitrogen and oxygen atoms in total. The number of aromatic nitrogens is 1. The Balaban J connectivity index is 3.07. The first kappa shape index (κ1) is 15.6. The molecule has 106 valence electrons. The van der Waals surface area contributed by atoms with Gasteiger partial charge in [-0.15, -0.1) is 0 Å². The topological polar surface area (TPSA) is 77.1 Å². The SMILES string of the molecule is CCC(NC(=O)c1cc(Cl)cn1C)(C(N)=O)C(C)C. The van der Waals surface area contributed by atoms with Crippen molar-refractivity contribution in [2.45, 2.75) is 32.7 Å². The fourth-order valence-corrected chi connectivity index (χ4v) is 2.43. The van der Waals surface area contributed by atoms with E-state index < -0.39 is 11.4 Å². The lowest BCUT2D eigenvalue weighted by atomic mass is 9.83. The summed E-state index contributed by atoms with van der Waals surface area (Å²) < 4.78 is 1.61. The molecule has 0 fully saturated rings. The normalized spacial score (nSPS) is 14.2. The molecule has 1 rings (SSSR count). The molecule has 0 aliphatic rings. The highest BCUT2D eigenvalue weighted by molar-refractivity contribution is 6.31. The second kappa shape index (κ2) is 5.65. The number of amides is 2. The first-order valence-electron chi connectivity index (χ1n) is 6.18. The Labute approximate surface area is 118 Å². The Kier molecular flexibility index (Phi) is 4.63. The number of carbonyl (C=O) groups is 2. The minimum atomic E-state index is -1.05. The largest absolute Gasteiger partial charge is 0.368 e. The molecule has 0 aliphatic heterocycles. The number of nitrogens with one attached hydrogen (secondary N) is 1. The quantitative estimate of drug-likeness (QED) is 0.864. The van der Waals surface area contributed by atoms with E-state index in [0.29, 0.717) is 17.1 Å². The highest BCUT2D eigenvalue weighted by Crippen LogP contribution is 2.22. The van der Waals surface area contributed by atoms with Crippen LogP contribution in [-0.4, -0.2) is 21.9 Å². The summed E-state index contributed by atoms with van der Waals surface area (Å²) in [7, 11) is 1.72. The van der Waals surface area contributed by atoms with E-state index in [1.54, 1.807) is 23.9 Å². The number of carbonyl (C=O) groups excluding carboxylic acids is 2. The maximum Gasteiger partial charge on any atom is 0.268 e. The van der Waals surface area contributed by atoms with Crippen LogP contribution in [0.25, 0.3) is 0 Å². The van der Waals surface area contributed by atoms with Crippen LogP contribution in [0.4, 0.5) is 0 Å². The number of halogens is 1. The lowest BCUT2D eigenvalue weighted by Crippen LogP contribution is -2.60. The molecule has 1 aromatic heterocycles. The summed E-state index contributed by atoms with van der Waals surface area (Å²) in [5.74, 6) is -0.989. The summed E-state index contributed by atoms with van der Waals surface area (Å²) >= 11 is 5.85. The smallest absolute Gasteiger partial charge is 0.268 e. The summed E-state index contributed by atoms with van der Waals surface area (Å²) in [5, 5.41) is 3.23. The van der Waals surface area contributed by atoms with Gasteiger partial charge in [0, 0.05) is 13.2 Å². The van der Waals surface area contributed by atoms with Gasteiger partial charge >= 0.3 is 0 Å². The fraction of sp³-hybridized carbons (Fsp3) is 0.538.